The van der Waals surface area contributed by atoms with Gasteiger partial charge >= 0.3 is 0 Å². The van der Waals surface area contributed by atoms with Crippen molar-refractivity contribution < 1.29 is 5.11 Å². The summed E-state index contributed by atoms with van der Waals surface area (Å²) in [4.78, 5) is 2.84. The first kappa shape index (κ1) is 15.2. The van der Waals surface area contributed by atoms with E-state index in [1.165, 1.54) is 12.1 Å². The van der Waals surface area contributed by atoms with Crippen LogP contribution in [0.2, 0.25) is 15.1 Å². The number of H-pyrrole nitrogens is 1. The Hall–Kier alpha value is -1.75. The molecule has 0 amide bonds. The van der Waals surface area contributed by atoms with Crippen LogP contribution in [0, 0.1) is 6.92 Å². The largest absolute Gasteiger partial charge is 0.493 e. The Morgan fingerprint density at radius 2 is 1.59 bits per heavy atom. The molecule has 4 nitrogen and oxygen atoms in total. The van der Waals surface area contributed by atoms with Crippen LogP contribution in [0.25, 0.3) is 10.9 Å². The predicted molar refractivity (Wildman–Crippen MR) is 90.3 cm³/mol. The third-order valence-electron chi connectivity index (χ3n) is 3.14. The lowest BCUT2D eigenvalue weighted by atomic mass is 10.2. The van der Waals surface area contributed by atoms with Crippen molar-refractivity contribution in [1.29, 1.82) is 0 Å². The van der Waals surface area contributed by atoms with Crippen LogP contribution in [0.4, 0.5) is 11.4 Å². The van der Waals surface area contributed by atoms with Gasteiger partial charge in [0.1, 0.15) is 5.69 Å². The van der Waals surface area contributed by atoms with Gasteiger partial charge in [-0.05, 0) is 31.2 Å². The number of azo groups is 1. The van der Waals surface area contributed by atoms with Crippen molar-refractivity contribution in [2.45, 2.75) is 6.92 Å². The molecule has 2 aromatic carbocycles. The highest BCUT2D eigenvalue weighted by molar-refractivity contribution is 6.41. The van der Waals surface area contributed by atoms with Crippen molar-refractivity contribution in [2.75, 3.05) is 0 Å². The first-order chi connectivity index (χ1) is 10.5. The van der Waals surface area contributed by atoms with Gasteiger partial charge in [0, 0.05) is 10.4 Å². The second kappa shape index (κ2) is 5.80. The van der Waals surface area contributed by atoms with E-state index in [2.05, 4.69) is 15.2 Å². The number of aromatic nitrogens is 1. The van der Waals surface area contributed by atoms with Crippen molar-refractivity contribution in [3.8, 4) is 5.88 Å². The molecule has 3 rings (SSSR count). The fourth-order valence-electron chi connectivity index (χ4n) is 2.11. The molecule has 0 aliphatic heterocycles. The van der Waals surface area contributed by atoms with Gasteiger partial charge in [-0.25, -0.2) is 0 Å². The molecular formula is C15H10Cl3N3O. The summed E-state index contributed by atoms with van der Waals surface area (Å²) in [6, 6.07) is 8.77. The summed E-state index contributed by atoms with van der Waals surface area (Å²) in [5.74, 6) is -0.0643. The van der Waals surface area contributed by atoms with Crippen LogP contribution in [-0.4, -0.2) is 10.1 Å². The van der Waals surface area contributed by atoms with E-state index in [0.717, 1.165) is 16.5 Å². The highest BCUT2D eigenvalue weighted by atomic mass is 35.5. The predicted octanol–water partition coefficient (Wildman–Crippen LogP) is 6.56. The summed E-state index contributed by atoms with van der Waals surface area (Å²) in [5, 5.41) is 19.9. The molecule has 0 unspecified atom stereocenters. The van der Waals surface area contributed by atoms with Crippen molar-refractivity contribution >= 4 is 57.1 Å². The molecule has 0 aliphatic carbocycles. The minimum absolute atomic E-state index is 0.0643. The second-order valence-electron chi connectivity index (χ2n) is 4.79. The lowest BCUT2D eigenvalue weighted by Gasteiger charge is -2.01. The molecule has 1 heterocycles. The molecule has 22 heavy (non-hydrogen) atoms. The van der Waals surface area contributed by atoms with Crippen molar-refractivity contribution in [1.82, 2.24) is 4.98 Å². The number of aromatic amines is 1. The molecule has 0 radical (unpaired) electrons. The van der Waals surface area contributed by atoms with Crippen LogP contribution in [0.5, 0.6) is 5.88 Å². The Labute approximate surface area is 141 Å². The number of aromatic hydroxyl groups is 1. The quantitative estimate of drug-likeness (QED) is 0.503. The minimum atomic E-state index is -0.0643. The number of nitrogens with one attached hydrogen (secondary N) is 1. The van der Waals surface area contributed by atoms with Gasteiger partial charge in [-0.3, -0.25) is 0 Å². The molecular weight excluding hydrogens is 345 g/mol. The van der Waals surface area contributed by atoms with Gasteiger partial charge in [-0.2, -0.15) is 0 Å². The Balaban J connectivity index is 2.10. The van der Waals surface area contributed by atoms with E-state index in [-0.39, 0.29) is 15.9 Å². The Morgan fingerprint density at radius 1 is 0.955 bits per heavy atom. The number of fused-ring (bicyclic) bond motifs is 1. The fraction of sp³-hybridized carbons (Fsp3) is 0.0667. The van der Waals surface area contributed by atoms with E-state index >= 15 is 0 Å². The monoisotopic (exact) mass is 353 g/mol. The normalized spacial score (nSPS) is 11.6. The van der Waals surface area contributed by atoms with Gasteiger partial charge < -0.3 is 10.1 Å². The number of hydrogen-bond acceptors (Lipinski definition) is 3. The van der Waals surface area contributed by atoms with E-state index in [9.17, 15) is 5.11 Å². The molecule has 0 atom stereocenters. The average Bonchev–Trinajstić information content (AvgIpc) is 2.73. The van der Waals surface area contributed by atoms with E-state index in [4.69, 9.17) is 34.8 Å². The summed E-state index contributed by atoms with van der Waals surface area (Å²) < 4.78 is 0. The summed E-state index contributed by atoms with van der Waals surface area (Å²) >= 11 is 18.0. The number of nitrogens with zero attached hydrogens (tertiary/aromatic N) is 2. The van der Waals surface area contributed by atoms with Crippen LogP contribution in [0.15, 0.2) is 40.6 Å². The lowest BCUT2D eigenvalue weighted by molar-refractivity contribution is 0.459. The number of halogens is 3. The number of benzene rings is 2. The molecule has 3 aromatic rings. The maximum atomic E-state index is 9.99. The van der Waals surface area contributed by atoms with Crippen LogP contribution < -0.4 is 0 Å². The second-order valence-corrected chi connectivity index (χ2v) is 6.04. The van der Waals surface area contributed by atoms with Gasteiger partial charge in [0.05, 0.1) is 15.6 Å². The SMILES string of the molecule is Cc1ccc2[nH]c(O)c(N=Nc3c(Cl)cc(Cl)cc3Cl)c2c1. The number of hydrogen-bond donors (Lipinski definition) is 2. The van der Waals surface area contributed by atoms with Gasteiger partial charge in [-0.1, -0.05) is 46.4 Å². The smallest absolute Gasteiger partial charge is 0.218 e. The lowest BCUT2D eigenvalue weighted by Crippen LogP contribution is -1.73. The van der Waals surface area contributed by atoms with E-state index in [1.54, 1.807) is 0 Å². The minimum Gasteiger partial charge on any atom is -0.493 e. The van der Waals surface area contributed by atoms with Crippen molar-refractivity contribution in [2.24, 2.45) is 10.2 Å². The Bertz CT molecular complexity index is 879. The average molecular weight is 355 g/mol. The maximum absolute atomic E-state index is 9.99. The molecule has 0 saturated heterocycles. The third-order valence-corrected chi connectivity index (χ3v) is 3.93. The molecule has 0 bridgehead atoms. The molecule has 0 spiro atoms. The molecule has 0 aliphatic rings. The molecule has 1 aromatic heterocycles. The Kier molecular flexibility index (Phi) is 4.00. The first-order valence-corrected chi connectivity index (χ1v) is 7.46. The van der Waals surface area contributed by atoms with Crippen LogP contribution in [0.3, 0.4) is 0 Å². The zero-order valence-electron chi connectivity index (χ0n) is 11.4. The van der Waals surface area contributed by atoms with Crippen molar-refractivity contribution in [3.05, 3.63) is 51.0 Å². The molecule has 7 heteroatoms. The summed E-state index contributed by atoms with van der Waals surface area (Å²) in [5.41, 5.74) is 2.45. The van der Waals surface area contributed by atoms with Gasteiger partial charge in [0.2, 0.25) is 5.88 Å². The molecule has 2 N–H and O–H groups in total. The summed E-state index contributed by atoms with van der Waals surface area (Å²) in [6.07, 6.45) is 0. The number of aryl methyl sites for hydroxylation is 1. The zero-order chi connectivity index (χ0) is 15.9. The maximum Gasteiger partial charge on any atom is 0.218 e. The van der Waals surface area contributed by atoms with Crippen LogP contribution in [0.1, 0.15) is 5.56 Å². The number of rotatable bonds is 2. The van der Waals surface area contributed by atoms with Crippen molar-refractivity contribution in [3.63, 3.8) is 0 Å². The molecule has 112 valence electrons. The molecule has 0 saturated carbocycles. The highest BCUT2D eigenvalue weighted by Crippen LogP contribution is 2.40. The zero-order valence-corrected chi connectivity index (χ0v) is 13.6. The third kappa shape index (κ3) is 2.77. The molecule has 0 fully saturated rings. The van der Waals surface area contributed by atoms with E-state index in [0.29, 0.717) is 16.4 Å². The van der Waals surface area contributed by atoms with E-state index in [1.807, 2.05) is 25.1 Å². The van der Waals surface area contributed by atoms with Gasteiger partial charge in [-0.15, -0.1) is 10.2 Å². The highest BCUT2D eigenvalue weighted by Gasteiger charge is 2.12. The first-order valence-electron chi connectivity index (χ1n) is 6.33. The summed E-state index contributed by atoms with van der Waals surface area (Å²) in [7, 11) is 0. The fourth-order valence-corrected chi connectivity index (χ4v) is 3.00. The standard InChI is InChI=1S/C15H10Cl3N3O/c1-7-2-3-12-9(4-7)13(15(22)19-12)20-21-14-10(17)5-8(16)6-11(14)18/h2-6,19,22H,1H3. The topological polar surface area (TPSA) is 60.7 Å². The van der Waals surface area contributed by atoms with Crippen LogP contribution >= 0.6 is 34.8 Å². The Morgan fingerprint density at radius 3 is 2.27 bits per heavy atom. The summed E-state index contributed by atoms with van der Waals surface area (Å²) in [6.45, 7) is 1.96. The van der Waals surface area contributed by atoms with Gasteiger partial charge in [0.25, 0.3) is 0 Å². The van der Waals surface area contributed by atoms with Gasteiger partial charge in [0.15, 0.2) is 5.69 Å². The van der Waals surface area contributed by atoms with Crippen LogP contribution in [-0.2, 0) is 0 Å². The van der Waals surface area contributed by atoms with E-state index < -0.39 is 0 Å².